The zero-order valence-corrected chi connectivity index (χ0v) is 9.83. The Morgan fingerprint density at radius 3 is 2.67 bits per heavy atom. The Morgan fingerprint density at radius 2 is 2.07 bits per heavy atom. The molecule has 2 rings (SSSR count). The van der Waals surface area contributed by atoms with E-state index in [4.69, 9.17) is 5.73 Å². The second-order valence-corrected chi connectivity index (χ2v) is 4.67. The van der Waals surface area contributed by atoms with E-state index in [2.05, 4.69) is 44.0 Å². The van der Waals surface area contributed by atoms with Gasteiger partial charge in [-0.3, -0.25) is 4.90 Å². The highest BCUT2D eigenvalue weighted by Gasteiger charge is 2.31. The molecule has 82 valence electrons. The molecule has 1 fully saturated rings. The average Bonchev–Trinajstić information content (AvgIpc) is 2.52. The number of hydrogen-bond donors (Lipinski definition) is 1. The smallest absolute Gasteiger partial charge is 0.0499 e. The van der Waals surface area contributed by atoms with Gasteiger partial charge in [0.25, 0.3) is 0 Å². The Hall–Kier alpha value is -0.860. The molecular formula is C13H20N2. The molecule has 15 heavy (non-hydrogen) atoms. The molecule has 1 heterocycles. The topological polar surface area (TPSA) is 29.3 Å². The van der Waals surface area contributed by atoms with Gasteiger partial charge in [-0.2, -0.15) is 0 Å². The second-order valence-electron chi connectivity index (χ2n) is 4.67. The van der Waals surface area contributed by atoms with Crippen LogP contribution in [0.15, 0.2) is 18.2 Å². The van der Waals surface area contributed by atoms with Crippen LogP contribution < -0.4 is 5.73 Å². The van der Waals surface area contributed by atoms with Crippen molar-refractivity contribution in [1.82, 2.24) is 4.90 Å². The maximum absolute atomic E-state index is 6.18. The van der Waals surface area contributed by atoms with Crippen molar-refractivity contribution in [3.8, 4) is 0 Å². The molecule has 2 unspecified atom stereocenters. The number of rotatable bonds is 1. The Labute approximate surface area is 92.1 Å². The molecule has 0 spiro atoms. The summed E-state index contributed by atoms with van der Waals surface area (Å²) in [5.41, 5.74) is 10.3. The van der Waals surface area contributed by atoms with Crippen molar-refractivity contribution in [1.29, 1.82) is 0 Å². The average molecular weight is 204 g/mol. The molecule has 0 aromatic heterocycles. The van der Waals surface area contributed by atoms with E-state index < -0.39 is 0 Å². The fourth-order valence-electron chi connectivity index (χ4n) is 2.54. The Morgan fingerprint density at radius 1 is 1.33 bits per heavy atom. The first kappa shape index (κ1) is 10.7. The minimum Gasteiger partial charge on any atom is -0.326 e. The summed E-state index contributed by atoms with van der Waals surface area (Å²) in [7, 11) is 2.17. The molecule has 1 aromatic rings. The van der Waals surface area contributed by atoms with Crippen LogP contribution >= 0.6 is 0 Å². The van der Waals surface area contributed by atoms with Gasteiger partial charge >= 0.3 is 0 Å². The monoisotopic (exact) mass is 204 g/mol. The molecule has 1 aliphatic rings. The molecule has 1 aromatic carbocycles. The zero-order valence-electron chi connectivity index (χ0n) is 9.83. The van der Waals surface area contributed by atoms with Crippen molar-refractivity contribution in [3.63, 3.8) is 0 Å². The van der Waals surface area contributed by atoms with Gasteiger partial charge in [0.2, 0.25) is 0 Å². The van der Waals surface area contributed by atoms with E-state index in [9.17, 15) is 0 Å². The van der Waals surface area contributed by atoms with Crippen molar-refractivity contribution in [3.05, 3.63) is 34.9 Å². The van der Waals surface area contributed by atoms with Gasteiger partial charge in [-0.25, -0.2) is 0 Å². The van der Waals surface area contributed by atoms with E-state index in [1.807, 2.05) is 0 Å². The number of nitrogens with two attached hydrogens (primary N) is 1. The fraction of sp³-hybridized carbons (Fsp3) is 0.538. The molecule has 2 N–H and O–H groups in total. The van der Waals surface area contributed by atoms with E-state index in [0.29, 0.717) is 6.04 Å². The molecule has 0 saturated carbocycles. The molecule has 2 nitrogen and oxygen atoms in total. The molecule has 1 aliphatic heterocycles. The molecule has 2 atom stereocenters. The third-order valence-electron chi connectivity index (χ3n) is 3.66. The highest BCUT2D eigenvalue weighted by Crippen LogP contribution is 2.32. The van der Waals surface area contributed by atoms with Gasteiger partial charge in [-0.15, -0.1) is 0 Å². The van der Waals surface area contributed by atoms with Crippen LogP contribution in [0.25, 0.3) is 0 Å². The van der Waals surface area contributed by atoms with Gasteiger partial charge in [0.15, 0.2) is 0 Å². The summed E-state index contributed by atoms with van der Waals surface area (Å²) in [5.74, 6) is 0. The summed E-state index contributed by atoms with van der Waals surface area (Å²) < 4.78 is 0. The molecule has 1 saturated heterocycles. The standard InChI is InChI=1S/C13H20N2/c1-9-5-4-6-11(10(9)2)13-12(14)7-8-15(13)3/h4-6,12-13H,7-8,14H2,1-3H3. The summed E-state index contributed by atoms with van der Waals surface area (Å²) in [6.07, 6.45) is 1.11. The number of hydrogen-bond acceptors (Lipinski definition) is 2. The van der Waals surface area contributed by atoms with Gasteiger partial charge in [0.05, 0.1) is 0 Å². The maximum atomic E-state index is 6.18. The number of likely N-dealkylation sites (N-methyl/N-ethyl adjacent to an activating group) is 1. The van der Waals surface area contributed by atoms with Crippen molar-refractivity contribution in [2.75, 3.05) is 13.6 Å². The Bertz CT molecular complexity index is 350. The third-order valence-corrected chi connectivity index (χ3v) is 3.66. The number of nitrogens with zero attached hydrogens (tertiary/aromatic N) is 1. The lowest BCUT2D eigenvalue weighted by atomic mass is 9.94. The van der Waals surface area contributed by atoms with Gasteiger partial charge in [0.1, 0.15) is 0 Å². The van der Waals surface area contributed by atoms with Crippen LogP contribution in [-0.2, 0) is 0 Å². The lowest BCUT2D eigenvalue weighted by molar-refractivity contribution is 0.303. The minimum absolute atomic E-state index is 0.287. The quantitative estimate of drug-likeness (QED) is 0.758. The van der Waals surface area contributed by atoms with Gasteiger partial charge in [-0.05, 0) is 44.0 Å². The van der Waals surface area contributed by atoms with E-state index in [-0.39, 0.29) is 6.04 Å². The fourth-order valence-corrected chi connectivity index (χ4v) is 2.54. The van der Waals surface area contributed by atoms with Gasteiger partial charge in [0, 0.05) is 18.6 Å². The van der Waals surface area contributed by atoms with Crippen molar-refractivity contribution >= 4 is 0 Å². The van der Waals surface area contributed by atoms with Crippen LogP contribution in [0.3, 0.4) is 0 Å². The summed E-state index contributed by atoms with van der Waals surface area (Å²) in [5, 5.41) is 0. The first-order chi connectivity index (χ1) is 7.11. The summed E-state index contributed by atoms with van der Waals surface area (Å²) in [6.45, 7) is 5.47. The predicted octanol–water partition coefficient (Wildman–Crippen LogP) is 2.01. The largest absolute Gasteiger partial charge is 0.326 e. The number of benzene rings is 1. The summed E-state index contributed by atoms with van der Waals surface area (Å²) >= 11 is 0. The molecule has 0 bridgehead atoms. The highest BCUT2D eigenvalue weighted by molar-refractivity contribution is 5.36. The maximum Gasteiger partial charge on any atom is 0.0499 e. The van der Waals surface area contributed by atoms with E-state index >= 15 is 0 Å². The number of aryl methyl sites for hydroxylation is 1. The van der Waals surface area contributed by atoms with Crippen LogP contribution in [0.2, 0.25) is 0 Å². The van der Waals surface area contributed by atoms with Crippen LogP contribution in [0.4, 0.5) is 0 Å². The molecule has 0 amide bonds. The lowest BCUT2D eigenvalue weighted by Gasteiger charge is -2.25. The zero-order chi connectivity index (χ0) is 11.0. The lowest BCUT2D eigenvalue weighted by Crippen LogP contribution is -2.30. The van der Waals surface area contributed by atoms with E-state index in [1.165, 1.54) is 16.7 Å². The van der Waals surface area contributed by atoms with Crippen LogP contribution in [0.1, 0.15) is 29.2 Å². The molecule has 0 radical (unpaired) electrons. The second kappa shape index (κ2) is 3.95. The molecular weight excluding hydrogens is 184 g/mol. The first-order valence-electron chi connectivity index (χ1n) is 5.63. The van der Waals surface area contributed by atoms with Crippen LogP contribution in [0, 0.1) is 13.8 Å². The van der Waals surface area contributed by atoms with E-state index in [0.717, 1.165) is 13.0 Å². The summed E-state index contributed by atoms with van der Waals surface area (Å²) in [6, 6.07) is 7.21. The minimum atomic E-state index is 0.287. The molecule has 2 heteroatoms. The Balaban J connectivity index is 2.40. The molecule has 0 aliphatic carbocycles. The predicted molar refractivity (Wildman–Crippen MR) is 63.9 cm³/mol. The number of likely N-dealkylation sites (tertiary alicyclic amines) is 1. The SMILES string of the molecule is Cc1cccc(C2C(N)CCN2C)c1C. The van der Waals surface area contributed by atoms with Gasteiger partial charge < -0.3 is 5.73 Å². The van der Waals surface area contributed by atoms with Crippen molar-refractivity contribution < 1.29 is 0 Å². The van der Waals surface area contributed by atoms with E-state index in [1.54, 1.807) is 0 Å². The van der Waals surface area contributed by atoms with Gasteiger partial charge in [-0.1, -0.05) is 18.2 Å². The van der Waals surface area contributed by atoms with Crippen molar-refractivity contribution in [2.24, 2.45) is 5.73 Å². The Kier molecular flexibility index (Phi) is 2.81. The third kappa shape index (κ3) is 1.80. The summed E-state index contributed by atoms with van der Waals surface area (Å²) in [4.78, 5) is 2.37. The van der Waals surface area contributed by atoms with Crippen LogP contribution in [0.5, 0.6) is 0 Å². The van der Waals surface area contributed by atoms with Crippen LogP contribution in [-0.4, -0.2) is 24.5 Å². The first-order valence-corrected chi connectivity index (χ1v) is 5.63. The highest BCUT2D eigenvalue weighted by atomic mass is 15.2. The normalized spacial score (nSPS) is 27.2. The van der Waals surface area contributed by atoms with Crippen molar-refractivity contribution in [2.45, 2.75) is 32.4 Å².